The van der Waals surface area contributed by atoms with E-state index < -0.39 is 0 Å². The first-order chi connectivity index (χ1) is 9.01. The van der Waals surface area contributed by atoms with Gasteiger partial charge in [-0.2, -0.15) is 0 Å². The van der Waals surface area contributed by atoms with Crippen molar-refractivity contribution in [2.24, 2.45) is 5.92 Å². The monoisotopic (exact) mass is 321 g/mol. The third kappa shape index (κ3) is 10.1. The van der Waals surface area contributed by atoms with Crippen LogP contribution in [0.25, 0.3) is 0 Å². The SMILES string of the molecule is CC(C)CN(C)C(=O)CSc1ccccc1.ClCCl. The quantitative estimate of drug-likeness (QED) is 0.594. The molecule has 1 amide bonds. The number of alkyl halides is 2. The molecule has 5 heteroatoms. The zero-order valence-electron chi connectivity index (χ0n) is 11.6. The molecule has 0 aromatic heterocycles. The molecule has 108 valence electrons. The molecule has 1 aromatic carbocycles. The summed E-state index contributed by atoms with van der Waals surface area (Å²) in [5.74, 6) is 1.24. The first-order valence-corrected chi connectivity index (χ1v) is 8.10. The highest BCUT2D eigenvalue weighted by Gasteiger charge is 2.10. The Morgan fingerprint density at radius 2 is 1.79 bits per heavy atom. The van der Waals surface area contributed by atoms with Crippen LogP contribution < -0.4 is 0 Å². The highest BCUT2D eigenvalue weighted by Crippen LogP contribution is 2.17. The van der Waals surface area contributed by atoms with Crippen LogP contribution in [0.3, 0.4) is 0 Å². The van der Waals surface area contributed by atoms with Crippen LogP contribution in [0, 0.1) is 5.92 Å². The highest BCUT2D eigenvalue weighted by atomic mass is 35.5. The van der Waals surface area contributed by atoms with Crippen LogP contribution in [-0.2, 0) is 4.79 Å². The van der Waals surface area contributed by atoms with Gasteiger partial charge in [-0.3, -0.25) is 4.79 Å². The molecule has 1 aromatic rings. The van der Waals surface area contributed by atoms with E-state index >= 15 is 0 Å². The molecule has 0 unspecified atom stereocenters. The number of thioether (sulfide) groups is 1. The Hall–Kier alpha value is -0.380. The number of nitrogens with zero attached hydrogens (tertiary/aromatic N) is 1. The lowest BCUT2D eigenvalue weighted by atomic mass is 10.2. The molecule has 0 saturated carbocycles. The van der Waals surface area contributed by atoms with Gasteiger partial charge in [0.25, 0.3) is 0 Å². The lowest BCUT2D eigenvalue weighted by molar-refractivity contribution is -0.127. The second-order valence-corrected chi connectivity index (χ2v) is 6.23. The zero-order valence-corrected chi connectivity index (χ0v) is 13.9. The third-order valence-electron chi connectivity index (χ3n) is 2.17. The van der Waals surface area contributed by atoms with Crippen LogP contribution in [0.1, 0.15) is 13.8 Å². The van der Waals surface area contributed by atoms with Crippen molar-refractivity contribution in [1.82, 2.24) is 4.90 Å². The molecule has 2 nitrogen and oxygen atoms in total. The first kappa shape index (κ1) is 18.6. The number of halogens is 2. The fraction of sp³-hybridized carbons (Fsp3) is 0.500. The van der Waals surface area contributed by atoms with Crippen molar-refractivity contribution in [2.75, 3.05) is 24.7 Å². The molecular formula is C14H21Cl2NOS. The van der Waals surface area contributed by atoms with Gasteiger partial charge < -0.3 is 4.90 Å². The molecule has 0 spiro atoms. The van der Waals surface area contributed by atoms with E-state index in [1.807, 2.05) is 37.4 Å². The molecule has 0 heterocycles. The second-order valence-electron chi connectivity index (χ2n) is 4.37. The third-order valence-corrected chi connectivity index (χ3v) is 3.17. The van der Waals surface area contributed by atoms with Crippen molar-refractivity contribution in [3.8, 4) is 0 Å². The Labute approximate surface area is 130 Å². The lowest BCUT2D eigenvalue weighted by Crippen LogP contribution is -2.31. The summed E-state index contributed by atoms with van der Waals surface area (Å²) < 4.78 is 0. The molecule has 19 heavy (non-hydrogen) atoms. The maximum Gasteiger partial charge on any atom is 0.232 e. The summed E-state index contributed by atoms with van der Waals surface area (Å²) >= 11 is 11.1. The minimum atomic E-state index is 0.194. The second kappa shape index (κ2) is 11.4. The Bertz CT molecular complexity index is 347. The van der Waals surface area contributed by atoms with E-state index in [1.165, 1.54) is 0 Å². The average molecular weight is 322 g/mol. The molecule has 0 aliphatic rings. The van der Waals surface area contributed by atoms with Gasteiger partial charge in [-0.05, 0) is 18.1 Å². The number of rotatable bonds is 5. The summed E-state index contributed by atoms with van der Waals surface area (Å²) in [5.41, 5.74) is 0. The number of carbonyl (C=O) groups is 1. The van der Waals surface area contributed by atoms with Gasteiger partial charge in [0.2, 0.25) is 5.91 Å². The average Bonchev–Trinajstić information content (AvgIpc) is 2.37. The molecule has 0 radical (unpaired) electrons. The van der Waals surface area contributed by atoms with Crippen LogP contribution >= 0.6 is 35.0 Å². The summed E-state index contributed by atoms with van der Waals surface area (Å²) in [5, 5.41) is 0.194. The van der Waals surface area contributed by atoms with Gasteiger partial charge in [-0.15, -0.1) is 35.0 Å². The predicted octanol–water partition coefficient (Wildman–Crippen LogP) is 4.31. The maximum atomic E-state index is 11.8. The largest absolute Gasteiger partial charge is 0.345 e. The van der Waals surface area contributed by atoms with Crippen molar-refractivity contribution >= 4 is 40.9 Å². The Morgan fingerprint density at radius 3 is 2.26 bits per heavy atom. The molecule has 0 N–H and O–H groups in total. The normalized spacial score (nSPS) is 9.79. The fourth-order valence-electron chi connectivity index (χ4n) is 1.42. The Kier molecular flexibility index (Phi) is 11.2. The molecule has 0 aliphatic heterocycles. The number of carbonyl (C=O) groups excluding carboxylic acids is 1. The van der Waals surface area contributed by atoms with Crippen molar-refractivity contribution in [3.05, 3.63) is 30.3 Å². The van der Waals surface area contributed by atoms with Gasteiger partial charge in [0.15, 0.2) is 0 Å². The van der Waals surface area contributed by atoms with Crippen LogP contribution in [0.2, 0.25) is 0 Å². The van der Waals surface area contributed by atoms with Crippen molar-refractivity contribution < 1.29 is 4.79 Å². The fourth-order valence-corrected chi connectivity index (χ4v) is 2.28. The Balaban J connectivity index is 0.000000982. The van der Waals surface area contributed by atoms with E-state index in [-0.39, 0.29) is 11.2 Å². The summed E-state index contributed by atoms with van der Waals surface area (Å²) in [6.07, 6.45) is 0. The molecule has 0 aliphatic carbocycles. The minimum absolute atomic E-state index is 0.194. The molecule has 0 saturated heterocycles. The van der Waals surface area contributed by atoms with Crippen molar-refractivity contribution in [1.29, 1.82) is 0 Å². The van der Waals surface area contributed by atoms with E-state index in [4.69, 9.17) is 23.2 Å². The van der Waals surface area contributed by atoms with Crippen molar-refractivity contribution in [3.63, 3.8) is 0 Å². The standard InChI is InChI=1S/C13H19NOS.CH2Cl2/c1-11(2)9-14(3)13(15)10-16-12-7-5-4-6-8-12;2-1-3/h4-8,11H,9-10H2,1-3H3;1H2. The van der Waals surface area contributed by atoms with Gasteiger partial charge in [0.05, 0.1) is 11.1 Å². The van der Waals surface area contributed by atoms with Crippen LogP contribution in [0.5, 0.6) is 0 Å². The van der Waals surface area contributed by atoms with E-state index in [0.717, 1.165) is 11.4 Å². The molecular weight excluding hydrogens is 301 g/mol. The summed E-state index contributed by atoms with van der Waals surface area (Å²) in [4.78, 5) is 14.7. The van der Waals surface area contributed by atoms with E-state index in [0.29, 0.717) is 11.7 Å². The number of amides is 1. The maximum absolute atomic E-state index is 11.8. The molecule has 1 rings (SSSR count). The topological polar surface area (TPSA) is 20.3 Å². The smallest absolute Gasteiger partial charge is 0.232 e. The van der Waals surface area contributed by atoms with Gasteiger partial charge in [0.1, 0.15) is 0 Å². The Morgan fingerprint density at radius 1 is 1.26 bits per heavy atom. The summed E-state index contributed by atoms with van der Waals surface area (Å²) in [6.45, 7) is 5.07. The van der Waals surface area contributed by atoms with Gasteiger partial charge >= 0.3 is 0 Å². The molecule has 0 fully saturated rings. The van der Waals surface area contributed by atoms with E-state index in [2.05, 4.69) is 13.8 Å². The van der Waals surface area contributed by atoms with Gasteiger partial charge in [-0.1, -0.05) is 32.0 Å². The van der Waals surface area contributed by atoms with E-state index in [1.54, 1.807) is 16.7 Å². The molecule has 0 bridgehead atoms. The lowest BCUT2D eigenvalue weighted by Gasteiger charge is -2.19. The molecule has 0 atom stereocenters. The zero-order chi connectivity index (χ0) is 14.7. The van der Waals surface area contributed by atoms with Gasteiger partial charge in [0, 0.05) is 18.5 Å². The number of hydrogen-bond donors (Lipinski definition) is 0. The number of hydrogen-bond acceptors (Lipinski definition) is 2. The van der Waals surface area contributed by atoms with Crippen LogP contribution in [0.15, 0.2) is 35.2 Å². The predicted molar refractivity (Wildman–Crippen MR) is 86.2 cm³/mol. The summed E-state index contributed by atoms with van der Waals surface area (Å²) in [7, 11) is 1.87. The van der Waals surface area contributed by atoms with Gasteiger partial charge in [-0.25, -0.2) is 0 Å². The summed E-state index contributed by atoms with van der Waals surface area (Å²) in [6, 6.07) is 10.0. The van der Waals surface area contributed by atoms with Crippen LogP contribution in [-0.4, -0.2) is 35.5 Å². The minimum Gasteiger partial charge on any atom is -0.345 e. The van der Waals surface area contributed by atoms with E-state index in [9.17, 15) is 4.79 Å². The van der Waals surface area contributed by atoms with Crippen molar-refractivity contribution in [2.45, 2.75) is 18.7 Å². The van der Waals surface area contributed by atoms with Crippen LogP contribution in [0.4, 0.5) is 0 Å². The number of benzene rings is 1. The highest BCUT2D eigenvalue weighted by molar-refractivity contribution is 8.00. The first-order valence-electron chi connectivity index (χ1n) is 6.05.